The van der Waals surface area contributed by atoms with Crippen LogP contribution < -0.4 is 9.46 Å². The maximum absolute atomic E-state index is 10.4. The van der Waals surface area contributed by atoms with E-state index in [0.717, 1.165) is 0 Å². The third kappa shape index (κ3) is 6.33. The van der Waals surface area contributed by atoms with E-state index in [4.69, 9.17) is 9.29 Å². The second-order valence-corrected chi connectivity index (χ2v) is 6.80. The van der Waals surface area contributed by atoms with Crippen LogP contribution >= 0.6 is 0 Å². The Bertz CT molecular complexity index is 519. The Hall–Kier alpha value is -1.15. The van der Waals surface area contributed by atoms with Gasteiger partial charge < -0.3 is 9.84 Å². The molecule has 1 aromatic carbocycles. The first-order chi connectivity index (χ1) is 9.08. The van der Waals surface area contributed by atoms with Crippen LogP contribution in [0.2, 0.25) is 0 Å². The van der Waals surface area contributed by atoms with Crippen molar-refractivity contribution < 1.29 is 22.8 Å². The Balaban J connectivity index is 2.46. The summed E-state index contributed by atoms with van der Waals surface area (Å²) in [6.45, 7) is 5.94. The molecule has 0 aliphatic heterocycles. The van der Waals surface area contributed by atoms with Crippen LogP contribution in [0.25, 0.3) is 0 Å². The van der Waals surface area contributed by atoms with Gasteiger partial charge in [-0.05, 0) is 23.1 Å². The van der Waals surface area contributed by atoms with Crippen LogP contribution in [0.4, 0.5) is 0 Å². The van der Waals surface area contributed by atoms with E-state index >= 15 is 0 Å². The molecule has 6 nitrogen and oxygen atoms in total. The highest BCUT2D eigenvalue weighted by molar-refractivity contribution is 7.83. The predicted molar refractivity (Wildman–Crippen MR) is 76.2 cm³/mol. The largest absolute Gasteiger partial charge is 0.491 e. The van der Waals surface area contributed by atoms with Crippen LogP contribution in [0.5, 0.6) is 5.75 Å². The molecule has 0 aliphatic rings. The fraction of sp³-hybridized carbons (Fsp3) is 0.538. The van der Waals surface area contributed by atoms with Gasteiger partial charge in [0.15, 0.2) is 0 Å². The summed E-state index contributed by atoms with van der Waals surface area (Å²) in [5, 5.41) is 9.49. The monoisotopic (exact) mass is 303 g/mol. The molecule has 7 heteroatoms. The van der Waals surface area contributed by atoms with Crippen molar-refractivity contribution in [2.24, 2.45) is 0 Å². The minimum atomic E-state index is -4.29. The van der Waals surface area contributed by atoms with Crippen molar-refractivity contribution in [3.05, 3.63) is 29.8 Å². The Morgan fingerprint density at radius 2 is 1.80 bits per heavy atom. The Labute approximate surface area is 119 Å². The lowest BCUT2D eigenvalue weighted by Crippen LogP contribution is -2.34. The molecule has 1 unspecified atom stereocenters. The summed E-state index contributed by atoms with van der Waals surface area (Å²) in [4.78, 5) is 0. The fourth-order valence-corrected chi connectivity index (χ4v) is 1.91. The minimum absolute atomic E-state index is 0.0530. The van der Waals surface area contributed by atoms with E-state index in [-0.39, 0.29) is 18.6 Å². The molecular weight excluding hydrogens is 282 g/mol. The SMILES string of the molecule is CC(C)(C)c1ccc(OCC(O)CNS(=O)(=O)O)cc1. The molecule has 0 heterocycles. The summed E-state index contributed by atoms with van der Waals surface area (Å²) in [6, 6.07) is 7.48. The molecule has 0 amide bonds. The zero-order valence-electron chi connectivity index (χ0n) is 11.8. The van der Waals surface area contributed by atoms with E-state index in [1.165, 1.54) is 5.56 Å². The standard InChI is InChI=1S/C13H21NO5S/c1-13(2,3)10-4-6-12(7-5-10)19-9-11(15)8-14-20(16,17)18/h4-7,11,14-15H,8-9H2,1-3H3,(H,16,17,18). The molecule has 20 heavy (non-hydrogen) atoms. The summed E-state index contributed by atoms with van der Waals surface area (Å²) < 4.78 is 36.5. The van der Waals surface area contributed by atoms with Gasteiger partial charge in [0, 0.05) is 6.54 Å². The number of aliphatic hydroxyl groups excluding tert-OH is 1. The van der Waals surface area contributed by atoms with E-state index in [0.29, 0.717) is 5.75 Å². The third-order valence-corrected chi connectivity index (χ3v) is 3.20. The van der Waals surface area contributed by atoms with Crippen LogP contribution in [0.3, 0.4) is 0 Å². The quantitative estimate of drug-likeness (QED) is 0.684. The molecule has 0 radical (unpaired) electrons. The smallest absolute Gasteiger partial charge is 0.333 e. The lowest BCUT2D eigenvalue weighted by Gasteiger charge is -2.19. The first-order valence-corrected chi connectivity index (χ1v) is 7.65. The second-order valence-electron chi connectivity index (χ2n) is 5.56. The Morgan fingerprint density at radius 3 is 2.25 bits per heavy atom. The van der Waals surface area contributed by atoms with Crippen molar-refractivity contribution in [1.29, 1.82) is 0 Å². The predicted octanol–water partition coefficient (Wildman–Crippen LogP) is 1.12. The number of benzene rings is 1. The third-order valence-electron chi connectivity index (χ3n) is 2.66. The summed E-state index contributed by atoms with van der Waals surface area (Å²) in [7, 11) is -4.29. The minimum Gasteiger partial charge on any atom is -0.491 e. The number of aliphatic hydroxyl groups is 1. The van der Waals surface area contributed by atoms with E-state index in [1.807, 2.05) is 12.1 Å². The van der Waals surface area contributed by atoms with Gasteiger partial charge in [-0.3, -0.25) is 4.55 Å². The summed E-state index contributed by atoms with van der Waals surface area (Å²) in [6.07, 6.45) is -1.04. The van der Waals surface area contributed by atoms with Crippen LogP contribution in [0, 0.1) is 0 Å². The molecule has 0 saturated carbocycles. The number of hydrogen-bond donors (Lipinski definition) is 3. The van der Waals surface area contributed by atoms with Crippen LogP contribution in [0.15, 0.2) is 24.3 Å². The zero-order valence-corrected chi connectivity index (χ0v) is 12.6. The molecule has 114 valence electrons. The average molecular weight is 303 g/mol. The number of rotatable bonds is 6. The van der Waals surface area contributed by atoms with E-state index < -0.39 is 16.4 Å². The number of hydrogen-bond acceptors (Lipinski definition) is 4. The van der Waals surface area contributed by atoms with Crippen LogP contribution in [-0.2, 0) is 15.7 Å². The molecule has 0 fully saturated rings. The van der Waals surface area contributed by atoms with E-state index in [9.17, 15) is 13.5 Å². The molecular formula is C13H21NO5S. The highest BCUT2D eigenvalue weighted by atomic mass is 32.2. The maximum Gasteiger partial charge on any atom is 0.333 e. The van der Waals surface area contributed by atoms with Gasteiger partial charge >= 0.3 is 10.3 Å². The molecule has 1 rings (SSSR count). The van der Waals surface area contributed by atoms with Crippen molar-refractivity contribution >= 4 is 10.3 Å². The van der Waals surface area contributed by atoms with Crippen molar-refractivity contribution in [3.8, 4) is 5.75 Å². The van der Waals surface area contributed by atoms with Crippen molar-refractivity contribution in [3.63, 3.8) is 0 Å². The molecule has 0 aliphatic carbocycles. The number of nitrogens with one attached hydrogen (secondary N) is 1. The topological polar surface area (TPSA) is 95.9 Å². The molecule has 0 saturated heterocycles. The van der Waals surface area contributed by atoms with Gasteiger partial charge in [-0.25, -0.2) is 0 Å². The summed E-state index contributed by atoms with van der Waals surface area (Å²) >= 11 is 0. The molecule has 1 atom stereocenters. The molecule has 1 aromatic rings. The molecule has 0 bridgehead atoms. The lowest BCUT2D eigenvalue weighted by molar-refractivity contribution is 0.110. The molecule has 0 spiro atoms. The van der Waals surface area contributed by atoms with Crippen molar-refractivity contribution in [2.75, 3.05) is 13.2 Å². The average Bonchev–Trinajstić information content (AvgIpc) is 2.32. The molecule has 0 aromatic heterocycles. The van der Waals surface area contributed by atoms with Crippen LogP contribution in [0.1, 0.15) is 26.3 Å². The van der Waals surface area contributed by atoms with Gasteiger partial charge in [-0.2, -0.15) is 13.1 Å². The van der Waals surface area contributed by atoms with Gasteiger partial charge in [-0.1, -0.05) is 32.9 Å². The normalized spacial score (nSPS) is 14.1. The fourth-order valence-electron chi connectivity index (χ4n) is 1.50. The van der Waals surface area contributed by atoms with Gasteiger partial charge in [0.1, 0.15) is 18.5 Å². The summed E-state index contributed by atoms with van der Waals surface area (Å²) in [5.74, 6) is 0.587. The van der Waals surface area contributed by atoms with Crippen molar-refractivity contribution in [1.82, 2.24) is 4.72 Å². The lowest BCUT2D eigenvalue weighted by atomic mass is 9.87. The van der Waals surface area contributed by atoms with Gasteiger partial charge in [0.2, 0.25) is 0 Å². The maximum atomic E-state index is 10.4. The zero-order chi connectivity index (χ0) is 15.4. The van der Waals surface area contributed by atoms with Gasteiger partial charge in [0.05, 0.1) is 0 Å². The first kappa shape index (κ1) is 16.9. The van der Waals surface area contributed by atoms with E-state index in [1.54, 1.807) is 16.9 Å². The number of ether oxygens (including phenoxy) is 1. The highest BCUT2D eigenvalue weighted by Gasteiger charge is 2.13. The highest BCUT2D eigenvalue weighted by Crippen LogP contribution is 2.24. The second kappa shape index (κ2) is 6.53. The summed E-state index contributed by atoms with van der Waals surface area (Å²) in [5.41, 5.74) is 1.22. The van der Waals surface area contributed by atoms with E-state index in [2.05, 4.69) is 20.8 Å². The first-order valence-electron chi connectivity index (χ1n) is 6.21. The Kier molecular flexibility index (Phi) is 5.52. The molecule has 3 N–H and O–H groups in total. The van der Waals surface area contributed by atoms with Crippen molar-refractivity contribution in [2.45, 2.75) is 32.3 Å². The van der Waals surface area contributed by atoms with Gasteiger partial charge in [0.25, 0.3) is 0 Å². The van der Waals surface area contributed by atoms with Crippen LogP contribution in [-0.4, -0.2) is 37.3 Å². The Morgan fingerprint density at radius 1 is 1.25 bits per heavy atom. The van der Waals surface area contributed by atoms with Gasteiger partial charge in [-0.15, -0.1) is 0 Å².